The van der Waals surface area contributed by atoms with Crippen molar-refractivity contribution in [2.45, 2.75) is 26.7 Å². The van der Waals surface area contributed by atoms with Crippen molar-refractivity contribution in [1.29, 1.82) is 0 Å². The summed E-state index contributed by atoms with van der Waals surface area (Å²) < 4.78 is 0. The molecular formula is C13H16O. The smallest absolute Gasteiger partial charge is 0.188 e. The Morgan fingerprint density at radius 1 is 1.29 bits per heavy atom. The van der Waals surface area contributed by atoms with Gasteiger partial charge in [-0.2, -0.15) is 0 Å². The summed E-state index contributed by atoms with van der Waals surface area (Å²) in [6.45, 7) is 7.52. The molecule has 0 radical (unpaired) electrons. The molecule has 74 valence electrons. The van der Waals surface area contributed by atoms with Crippen LogP contribution >= 0.6 is 0 Å². The van der Waals surface area contributed by atoms with Crippen LogP contribution < -0.4 is 0 Å². The van der Waals surface area contributed by atoms with Gasteiger partial charge in [0, 0.05) is 5.56 Å². The third-order valence-electron chi connectivity index (χ3n) is 2.14. The first-order valence-corrected chi connectivity index (χ1v) is 4.94. The van der Waals surface area contributed by atoms with E-state index < -0.39 is 0 Å². The molecule has 0 saturated carbocycles. The number of allylic oxidation sites excluding steroid dienone is 1. The van der Waals surface area contributed by atoms with E-state index in [4.69, 9.17) is 0 Å². The largest absolute Gasteiger partial charge is 0.289 e. The first-order chi connectivity index (χ1) is 6.65. The van der Waals surface area contributed by atoms with Gasteiger partial charge in [0.25, 0.3) is 0 Å². The molecule has 0 heterocycles. The summed E-state index contributed by atoms with van der Waals surface area (Å²) in [6, 6.07) is 7.78. The van der Waals surface area contributed by atoms with Crippen LogP contribution in [0.5, 0.6) is 0 Å². The summed E-state index contributed by atoms with van der Waals surface area (Å²) >= 11 is 0. The highest BCUT2D eigenvalue weighted by Crippen LogP contribution is 2.10. The van der Waals surface area contributed by atoms with Gasteiger partial charge in [-0.05, 0) is 24.5 Å². The first-order valence-electron chi connectivity index (χ1n) is 4.94. The lowest BCUT2D eigenvalue weighted by Gasteiger charge is -2.01. The zero-order valence-corrected chi connectivity index (χ0v) is 8.84. The molecule has 0 atom stereocenters. The number of hydrogen-bond acceptors (Lipinski definition) is 1. The van der Waals surface area contributed by atoms with E-state index in [0.717, 1.165) is 18.4 Å². The van der Waals surface area contributed by atoms with E-state index in [1.165, 1.54) is 5.56 Å². The van der Waals surface area contributed by atoms with Crippen LogP contribution in [0.1, 0.15) is 36.2 Å². The Hall–Kier alpha value is -1.37. The molecule has 0 aromatic heterocycles. The lowest BCUT2D eigenvalue weighted by molar-refractivity contribution is 0.103. The molecular weight excluding hydrogens is 172 g/mol. The third kappa shape index (κ3) is 2.56. The standard InChI is InChI=1S/C13H16O/c1-4-5-11-6-8-12(9-7-11)13(14)10(2)3/h6-9H,2,4-5H2,1,3H3. The highest BCUT2D eigenvalue weighted by atomic mass is 16.1. The van der Waals surface area contributed by atoms with Crippen molar-refractivity contribution in [2.75, 3.05) is 0 Å². The average molecular weight is 188 g/mol. The maximum atomic E-state index is 11.5. The zero-order valence-electron chi connectivity index (χ0n) is 8.84. The summed E-state index contributed by atoms with van der Waals surface area (Å²) in [6.07, 6.45) is 2.20. The predicted octanol–water partition coefficient (Wildman–Crippen LogP) is 3.40. The summed E-state index contributed by atoms with van der Waals surface area (Å²) in [5.74, 6) is 0.0352. The molecule has 1 nitrogen and oxygen atoms in total. The van der Waals surface area contributed by atoms with E-state index >= 15 is 0 Å². The highest BCUT2D eigenvalue weighted by Gasteiger charge is 2.05. The molecule has 0 bridgehead atoms. The number of rotatable bonds is 4. The van der Waals surface area contributed by atoms with Crippen molar-refractivity contribution in [3.8, 4) is 0 Å². The lowest BCUT2D eigenvalue weighted by atomic mass is 10.0. The molecule has 0 saturated heterocycles. The van der Waals surface area contributed by atoms with Gasteiger partial charge in [0.15, 0.2) is 5.78 Å². The monoisotopic (exact) mass is 188 g/mol. The second-order valence-corrected chi connectivity index (χ2v) is 3.56. The van der Waals surface area contributed by atoms with Gasteiger partial charge in [-0.15, -0.1) is 0 Å². The van der Waals surface area contributed by atoms with Gasteiger partial charge in [0.05, 0.1) is 0 Å². The molecule has 1 heteroatoms. The number of benzene rings is 1. The Balaban J connectivity index is 2.83. The molecule has 1 aromatic carbocycles. The van der Waals surface area contributed by atoms with Gasteiger partial charge in [-0.25, -0.2) is 0 Å². The highest BCUT2D eigenvalue weighted by molar-refractivity contribution is 6.07. The minimum absolute atomic E-state index is 0.0352. The van der Waals surface area contributed by atoms with E-state index in [-0.39, 0.29) is 5.78 Å². The normalized spacial score (nSPS) is 9.86. The van der Waals surface area contributed by atoms with Crippen molar-refractivity contribution in [2.24, 2.45) is 0 Å². The molecule has 0 amide bonds. The Morgan fingerprint density at radius 3 is 2.29 bits per heavy atom. The fourth-order valence-corrected chi connectivity index (χ4v) is 1.36. The Morgan fingerprint density at radius 2 is 1.86 bits per heavy atom. The van der Waals surface area contributed by atoms with E-state index in [0.29, 0.717) is 5.57 Å². The molecule has 1 aromatic rings. The maximum absolute atomic E-state index is 11.5. The van der Waals surface area contributed by atoms with Gasteiger partial charge in [0.1, 0.15) is 0 Å². The fraction of sp³-hybridized carbons (Fsp3) is 0.308. The van der Waals surface area contributed by atoms with Crippen molar-refractivity contribution in [1.82, 2.24) is 0 Å². The SMILES string of the molecule is C=C(C)C(=O)c1ccc(CCC)cc1. The zero-order chi connectivity index (χ0) is 10.6. The second-order valence-electron chi connectivity index (χ2n) is 3.56. The third-order valence-corrected chi connectivity index (χ3v) is 2.14. The number of Topliss-reactive ketones (excluding diaryl/α,β-unsaturated/α-hetero) is 1. The minimum Gasteiger partial charge on any atom is -0.289 e. The van der Waals surface area contributed by atoms with Gasteiger partial charge in [-0.1, -0.05) is 44.2 Å². The van der Waals surface area contributed by atoms with Crippen molar-refractivity contribution < 1.29 is 4.79 Å². The van der Waals surface area contributed by atoms with Gasteiger partial charge >= 0.3 is 0 Å². The number of carbonyl (C=O) groups is 1. The van der Waals surface area contributed by atoms with Gasteiger partial charge < -0.3 is 0 Å². The number of hydrogen-bond donors (Lipinski definition) is 0. The molecule has 1 rings (SSSR count). The predicted molar refractivity (Wildman–Crippen MR) is 59.6 cm³/mol. The van der Waals surface area contributed by atoms with Crippen LogP contribution in [0, 0.1) is 0 Å². The second kappa shape index (κ2) is 4.75. The molecule has 0 fully saturated rings. The van der Waals surface area contributed by atoms with Crippen LogP contribution in [-0.4, -0.2) is 5.78 Å². The van der Waals surface area contributed by atoms with E-state index in [1.807, 2.05) is 24.3 Å². The van der Waals surface area contributed by atoms with Gasteiger partial charge in [0.2, 0.25) is 0 Å². The molecule has 0 spiro atoms. The van der Waals surface area contributed by atoms with Crippen LogP contribution in [0.25, 0.3) is 0 Å². The molecule has 0 N–H and O–H groups in total. The summed E-state index contributed by atoms with van der Waals surface area (Å²) in [5, 5.41) is 0. The Labute approximate surface area is 85.5 Å². The average Bonchev–Trinajstić information content (AvgIpc) is 2.18. The van der Waals surface area contributed by atoms with Crippen molar-refractivity contribution in [3.63, 3.8) is 0 Å². The topological polar surface area (TPSA) is 17.1 Å². The minimum atomic E-state index is 0.0352. The van der Waals surface area contributed by atoms with Crippen LogP contribution in [-0.2, 0) is 6.42 Å². The quantitative estimate of drug-likeness (QED) is 0.523. The summed E-state index contributed by atoms with van der Waals surface area (Å²) in [7, 11) is 0. The van der Waals surface area contributed by atoms with Crippen LogP contribution in [0.15, 0.2) is 36.4 Å². The van der Waals surface area contributed by atoms with Crippen LogP contribution in [0.4, 0.5) is 0 Å². The number of ketones is 1. The van der Waals surface area contributed by atoms with Gasteiger partial charge in [-0.3, -0.25) is 4.79 Å². The van der Waals surface area contributed by atoms with E-state index in [9.17, 15) is 4.79 Å². The van der Waals surface area contributed by atoms with Crippen molar-refractivity contribution >= 4 is 5.78 Å². The summed E-state index contributed by atoms with van der Waals surface area (Å²) in [4.78, 5) is 11.5. The summed E-state index contributed by atoms with van der Waals surface area (Å²) in [5.41, 5.74) is 2.61. The molecule has 0 aliphatic carbocycles. The van der Waals surface area contributed by atoms with Crippen LogP contribution in [0.2, 0.25) is 0 Å². The molecule has 14 heavy (non-hydrogen) atoms. The maximum Gasteiger partial charge on any atom is 0.188 e. The van der Waals surface area contributed by atoms with Crippen LogP contribution in [0.3, 0.4) is 0 Å². The molecule has 0 aliphatic heterocycles. The molecule has 0 unspecified atom stereocenters. The Bertz CT molecular complexity index is 333. The lowest BCUT2D eigenvalue weighted by Crippen LogP contribution is -1.99. The fourth-order valence-electron chi connectivity index (χ4n) is 1.36. The van der Waals surface area contributed by atoms with Crippen molar-refractivity contribution in [3.05, 3.63) is 47.5 Å². The first kappa shape index (κ1) is 10.7. The number of aryl methyl sites for hydroxylation is 1. The molecule has 0 aliphatic rings. The number of carbonyl (C=O) groups excluding carboxylic acids is 1. The van der Waals surface area contributed by atoms with E-state index in [2.05, 4.69) is 13.5 Å². The Kier molecular flexibility index (Phi) is 3.63. The van der Waals surface area contributed by atoms with E-state index in [1.54, 1.807) is 6.92 Å².